The lowest BCUT2D eigenvalue weighted by Crippen LogP contribution is -2.36. The molecule has 0 spiro atoms. The Morgan fingerprint density at radius 1 is 1.32 bits per heavy atom. The molecule has 2 saturated carbocycles. The first-order valence-corrected chi connectivity index (χ1v) is 12.0. The normalized spacial score (nSPS) is 27.8. The molecule has 3 N–H and O–H groups in total. The zero-order valence-electron chi connectivity index (χ0n) is 18.9. The minimum Gasteiger partial charge on any atom is -0.389 e. The molecule has 5 atom stereocenters. The molecule has 0 bridgehead atoms. The highest BCUT2D eigenvalue weighted by molar-refractivity contribution is 7.15. The lowest BCUT2D eigenvalue weighted by molar-refractivity contribution is -0.128. The fourth-order valence-corrected chi connectivity index (χ4v) is 6.15. The fraction of sp³-hybridized carbons (Fsp3) is 0.455. The van der Waals surface area contributed by atoms with Crippen LogP contribution in [0.3, 0.4) is 0 Å². The Bertz CT molecular complexity index is 1430. The van der Waals surface area contributed by atoms with Gasteiger partial charge in [0.15, 0.2) is 17.0 Å². The molecule has 4 aromatic heterocycles. The number of nitrogens with zero attached hydrogens (tertiary/aromatic N) is 7. The quantitative estimate of drug-likeness (QED) is 0.376. The second kappa shape index (κ2) is 7.39. The van der Waals surface area contributed by atoms with Crippen LogP contribution in [0.4, 0.5) is 5.82 Å². The van der Waals surface area contributed by atoms with Crippen molar-refractivity contribution in [2.24, 2.45) is 11.3 Å². The van der Waals surface area contributed by atoms with Gasteiger partial charge in [0.25, 0.3) is 5.95 Å². The number of aliphatic hydroxyl groups is 2. The van der Waals surface area contributed by atoms with Crippen molar-refractivity contribution in [3.63, 3.8) is 0 Å². The maximum absolute atomic E-state index is 12.3. The van der Waals surface area contributed by atoms with Gasteiger partial charge in [0.05, 0.1) is 35.0 Å². The molecular weight excluding hydrogens is 456 g/mol. The van der Waals surface area contributed by atoms with Gasteiger partial charge in [0, 0.05) is 11.4 Å². The molecule has 4 heterocycles. The molecule has 2 aliphatic rings. The summed E-state index contributed by atoms with van der Waals surface area (Å²) in [6, 6.07) is 3.52. The van der Waals surface area contributed by atoms with Crippen LogP contribution in [0.5, 0.6) is 0 Å². The van der Waals surface area contributed by atoms with Gasteiger partial charge >= 0.3 is 0 Å². The second-order valence-corrected chi connectivity index (χ2v) is 10.3. The molecule has 4 aromatic rings. The summed E-state index contributed by atoms with van der Waals surface area (Å²) in [7, 11) is 0. The molecule has 12 heteroatoms. The zero-order chi connectivity index (χ0) is 23.8. The topological polar surface area (TPSA) is 144 Å². The maximum Gasteiger partial charge on any atom is 0.256 e. The van der Waals surface area contributed by atoms with Crippen LogP contribution in [-0.2, 0) is 4.79 Å². The van der Waals surface area contributed by atoms with Crippen LogP contribution >= 0.6 is 11.3 Å². The maximum atomic E-state index is 12.3. The van der Waals surface area contributed by atoms with Crippen molar-refractivity contribution in [1.82, 2.24) is 34.5 Å². The summed E-state index contributed by atoms with van der Waals surface area (Å²) in [5, 5.41) is 33.3. The number of carbonyl (C=O) groups is 1. The fourth-order valence-electron chi connectivity index (χ4n) is 5.33. The Morgan fingerprint density at radius 2 is 2.15 bits per heavy atom. The lowest BCUT2D eigenvalue weighted by Gasteiger charge is -2.23. The van der Waals surface area contributed by atoms with Gasteiger partial charge in [-0.15, -0.1) is 16.4 Å². The molecule has 0 radical (unpaired) electrons. The van der Waals surface area contributed by atoms with E-state index in [-0.39, 0.29) is 11.7 Å². The number of hydrogen-bond donors (Lipinski definition) is 3. The van der Waals surface area contributed by atoms with E-state index in [9.17, 15) is 15.0 Å². The molecular formula is C22H24N8O3S. The minimum atomic E-state index is -1.11. The standard InChI is InChI=1S/C22H24N8O3S/c1-4-23-19-15-20(26-21(25-19)30-8-13(27-28-30)14-6-5-10(2)34-14)29(9-24-15)16-12-7-22(12,11(3)31)18(33)17(16)32/h5-6,8-9,12,16-18,32-33H,4,7H2,1-3H3,(H,23,25,26)/t12?,16-,17?,18?,22+/m1/s1. The van der Waals surface area contributed by atoms with E-state index in [1.54, 1.807) is 28.4 Å². The molecule has 0 saturated heterocycles. The molecule has 176 valence electrons. The number of thiophene rings is 1. The highest BCUT2D eigenvalue weighted by Gasteiger charge is 2.74. The van der Waals surface area contributed by atoms with Gasteiger partial charge in [-0.3, -0.25) is 4.79 Å². The van der Waals surface area contributed by atoms with E-state index in [2.05, 4.69) is 25.6 Å². The number of imidazole rings is 1. The SMILES string of the molecule is CCNc1nc(-n2cc(-c3ccc(C)s3)nn2)nc2c1ncn2[C@H]1C(O)C(O)[C@]2(C(C)=O)CC12. The average Bonchev–Trinajstić information content (AvgIpc) is 3.21. The molecule has 2 aliphatic carbocycles. The van der Waals surface area contributed by atoms with Crippen LogP contribution in [0.15, 0.2) is 24.7 Å². The number of nitrogens with one attached hydrogen (secondary N) is 1. The third kappa shape index (κ3) is 2.88. The van der Waals surface area contributed by atoms with Crippen molar-refractivity contribution in [1.29, 1.82) is 0 Å². The first-order valence-electron chi connectivity index (χ1n) is 11.2. The van der Waals surface area contributed by atoms with Crippen molar-refractivity contribution >= 4 is 34.1 Å². The number of Topliss-reactive ketones (excluding diaryl/α,β-unsaturated/α-hetero) is 1. The molecule has 0 aromatic carbocycles. The van der Waals surface area contributed by atoms with Gasteiger partial charge in [-0.05, 0) is 45.2 Å². The van der Waals surface area contributed by atoms with E-state index >= 15 is 0 Å². The summed E-state index contributed by atoms with van der Waals surface area (Å²) < 4.78 is 3.27. The number of aryl methyl sites for hydroxylation is 1. The number of rotatable bonds is 6. The summed E-state index contributed by atoms with van der Waals surface area (Å²) in [5.41, 5.74) is 0.870. The van der Waals surface area contributed by atoms with Crippen LogP contribution in [0.1, 0.15) is 31.2 Å². The Morgan fingerprint density at radius 3 is 2.82 bits per heavy atom. The molecule has 3 unspecified atom stereocenters. The van der Waals surface area contributed by atoms with E-state index in [1.807, 2.05) is 26.0 Å². The van der Waals surface area contributed by atoms with E-state index < -0.39 is 23.7 Å². The molecule has 11 nitrogen and oxygen atoms in total. The van der Waals surface area contributed by atoms with E-state index in [1.165, 1.54) is 16.5 Å². The number of ketones is 1. The summed E-state index contributed by atoms with van der Waals surface area (Å²) >= 11 is 1.63. The number of aromatic nitrogens is 7. The van der Waals surface area contributed by atoms with E-state index in [0.29, 0.717) is 35.9 Å². The first kappa shape index (κ1) is 21.3. The summed E-state index contributed by atoms with van der Waals surface area (Å²) in [4.78, 5) is 28.3. The molecule has 0 amide bonds. The van der Waals surface area contributed by atoms with Crippen LogP contribution in [-0.4, -0.2) is 69.3 Å². The summed E-state index contributed by atoms with van der Waals surface area (Å²) in [6.45, 7) is 6.09. The molecule has 0 aliphatic heterocycles. The van der Waals surface area contributed by atoms with Gasteiger partial charge in [-0.25, -0.2) is 4.98 Å². The van der Waals surface area contributed by atoms with E-state index in [0.717, 1.165) is 10.6 Å². The van der Waals surface area contributed by atoms with Gasteiger partial charge in [-0.2, -0.15) is 14.6 Å². The predicted molar refractivity (Wildman–Crippen MR) is 125 cm³/mol. The Labute approximate surface area is 198 Å². The Kier molecular flexibility index (Phi) is 4.63. The summed E-state index contributed by atoms with van der Waals surface area (Å²) in [6.07, 6.45) is 1.70. The van der Waals surface area contributed by atoms with Crippen molar-refractivity contribution in [3.8, 4) is 16.5 Å². The van der Waals surface area contributed by atoms with Gasteiger partial charge < -0.3 is 20.1 Å². The predicted octanol–water partition coefficient (Wildman–Crippen LogP) is 1.75. The van der Waals surface area contributed by atoms with Crippen LogP contribution in [0.25, 0.3) is 27.7 Å². The van der Waals surface area contributed by atoms with Crippen LogP contribution in [0.2, 0.25) is 0 Å². The van der Waals surface area contributed by atoms with Crippen molar-refractivity contribution in [3.05, 3.63) is 29.5 Å². The third-order valence-electron chi connectivity index (χ3n) is 7.09. The van der Waals surface area contributed by atoms with Crippen LogP contribution < -0.4 is 5.32 Å². The number of aliphatic hydroxyl groups excluding tert-OH is 2. The van der Waals surface area contributed by atoms with E-state index in [4.69, 9.17) is 4.98 Å². The Hall–Kier alpha value is -3.22. The number of hydrogen-bond acceptors (Lipinski definition) is 10. The molecule has 2 fully saturated rings. The number of carbonyl (C=O) groups excluding carboxylic acids is 1. The van der Waals surface area contributed by atoms with Crippen molar-refractivity contribution in [2.45, 2.75) is 45.4 Å². The molecule has 34 heavy (non-hydrogen) atoms. The monoisotopic (exact) mass is 480 g/mol. The smallest absolute Gasteiger partial charge is 0.256 e. The van der Waals surface area contributed by atoms with Crippen LogP contribution in [0, 0.1) is 18.3 Å². The van der Waals surface area contributed by atoms with Gasteiger partial charge in [0.2, 0.25) is 0 Å². The zero-order valence-corrected chi connectivity index (χ0v) is 19.7. The third-order valence-corrected chi connectivity index (χ3v) is 8.12. The Balaban J connectivity index is 1.45. The molecule has 6 rings (SSSR count). The number of anilines is 1. The average molecular weight is 481 g/mol. The van der Waals surface area contributed by atoms with Crippen molar-refractivity contribution in [2.75, 3.05) is 11.9 Å². The highest BCUT2D eigenvalue weighted by Crippen LogP contribution is 2.68. The number of fused-ring (bicyclic) bond motifs is 2. The minimum absolute atomic E-state index is 0.0985. The second-order valence-electron chi connectivity index (χ2n) is 9.02. The van der Waals surface area contributed by atoms with Gasteiger partial charge in [0.1, 0.15) is 17.6 Å². The highest BCUT2D eigenvalue weighted by atomic mass is 32.1. The lowest BCUT2D eigenvalue weighted by atomic mass is 9.95. The van der Waals surface area contributed by atoms with Gasteiger partial charge in [-0.1, -0.05) is 5.21 Å². The largest absolute Gasteiger partial charge is 0.389 e. The first-order chi connectivity index (χ1) is 16.3. The summed E-state index contributed by atoms with van der Waals surface area (Å²) in [5.74, 6) is 0.567. The van der Waals surface area contributed by atoms with Crippen molar-refractivity contribution < 1.29 is 15.0 Å².